The molecular formula is C10H9F2N3OS. The number of benzene rings is 1. The fraction of sp³-hybridized carbons (Fsp3) is 0.200. The zero-order chi connectivity index (χ0) is 12.8. The molecule has 0 aromatic heterocycles. The first-order valence-electron chi connectivity index (χ1n) is 4.43. The number of methoxy groups -OCH3 is 1. The quantitative estimate of drug-likeness (QED) is 0.382. The van der Waals surface area contributed by atoms with Crippen molar-refractivity contribution >= 4 is 22.6 Å². The first-order chi connectivity index (χ1) is 8.12. The van der Waals surface area contributed by atoms with Crippen molar-refractivity contribution in [1.82, 2.24) is 5.32 Å². The van der Waals surface area contributed by atoms with E-state index in [4.69, 9.17) is 5.26 Å². The SMILES string of the molecule is COc1cc(N=C(NC#N)SC)cc(F)c1F. The Labute approximate surface area is 101 Å². The summed E-state index contributed by atoms with van der Waals surface area (Å²) in [6, 6.07) is 2.17. The van der Waals surface area contributed by atoms with Crippen molar-refractivity contribution in [2.24, 2.45) is 4.99 Å². The number of nitrogens with one attached hydrogen (secondary N) is 1. The highest BCUT2D eigenvalue weighted by molar-refractivity contribution is 8.13. The van der Waals surface area contributed by atoms with Gasteiger partial charge in [0.15, 0.2) is 22.9 Å². The van der Waals surface area contributed by atoms with Gasteiger partial charge in [0.1, 0.15) is 0 Å². The van der Waals surface area contributed by atoms with Crippen LogP contribution in [-0.2, 0) is 0 Å². The van der Waals surface area contributed by atoms with Crippen molar-refractivity contribution in [3.63, 3.8) is 0 Å². The summed E-state index contributed by atoms with van der Waals surface area (Å²) >= 11 is 1.17. The number of aliphatic imine (C=N–C) groups is 1. The molecule has 0 aliphatic rings. The smallest absolute Gasteiger partial charge is 0.200 e. The Hall–Kier alpha value is -1.81. The Morgan fingerprint density at radius 3 is 2.76 bits per heavy atom. The van der Waals surface area contributed by atoms with E-state index >= 15 is 0 Å². The maximum Gasteiger partial charge on any atom is 0.200 e. The number of hydrogen-bond donors (Lipinski definition) is 1. The number of amidine groups is 1. The third kappa shape index (κ3) is 3.32. The summed E-state index contributed by atoms with van der Waals surface area (Å²) in [6.07, 6.45) is 3.39. The van der Waals surface area contributed by atoms with Gasteiger partial charge in [-0.3, -0.25) is 5.32 Å². The fourth-order valence-electron chi connectivity index (χ4n) is 1.05. The molecule has 0 radical (unpaired) electrons. The zero-order valence-electron chi connectivity index (χ0n) is 9.12. The van der Waals surface area contributed by atoms with Crippen LogP contribution >= 0.6 is 11.8 Å². The summed E-state index contributed by atoms with van der Waals surface area (Å²) in [7, 11) is 1.23. The number of nitriles is 1. The number of nitrogens with zero attached hydrogens (tertiary/aromatic N) is 2. The van der Waals surface area contributed by atoms with E-state index in [1.165, 1.54) is 24.9 Å². The van der Waals surface area contributed by atoms with Gasteiger partial charge in [0.05, 0.1) is 12.8 Å². The minimum Gasteiger partial charge on any atom is -0.493 e. The highest BCUT2D eigenvalue weighted by Crippen LogP contribution is 2.27. The van der Waals surface area contributed by atoms with E-state index in [2.05, 4.69) is 15.0 Å². The van der Waals surface area contributed by atoms with E-state index in [-0.39, 0.29) is 16.6 Å². The van der Waals surface area contributed by atoms with E-state index in [0.29, 0.717) is 0 Å². The molecule has 90 valence electrons. The maximum absolute atomic E-state index is 13.2. The van der Waals surface area contributed by atoms with E-state index in [0.717, 1.165) is 6.07 Å². The second-order valence-corrected chi connectivity index (χ2v) is 3.60. The summed E-state index contributed by atoms with van der Waals surface area (Å²) < 4.78 is 30.9. The van der Waals surface area contributed by atoms with Crippen LogP contribution in [0.2, 0.25) is 0 Å². The lowest BCUT2D eigenvalue weighted by Gasteiger charge is -2.05. The van der Waals surface area contributed by atoms with E-state index in [1.54, 1.807) is 12.4 Å². The Morgan fingerprint density at radius 1 is 1.53 bits per heavy atom. The van der Waals surface area contributed by atoms with Gasteiger partial charge in [-0.2, -0.15) is 9.65 Å². The van der Waals surface area contributed by atoms with Crippen molar-refractivity contribution in [2.75, 3.05) is 13.4 Å². The average Bonchev–Trinajstić information content (AvgIpc) is 2.32. The van der Waals surface area contributed by atoms with Gasteiger partial charge in [0, 0.05) is 12.1 Å². The van der Waals surface area contributed by atoms with Crippen molar-refractivity contribution < 1.29 is 13.5 Å². The van der Waals surface area contributed by atoms with E-state index in [1.807, 2.05) is 0 Å². The highest BCUT2D eigenvalue weighted by atomic mass is 32.2. The van der Waals surface area contributed by atoms with Gasteiger partial charge in [-0.05, 0) is 6.26 Å². The van der Waals surface area contributed by atoms with Crippen LogP contribution in [-0.4, -0.2) is 18.5 Å². The molecule has 1 aromatic rings. The zero-order valence-corrected chi connectivity index (χ0v) is 9.94. The molecule has 0 aliphatic carbocycles. The van der Waals surface area contributed by atoms with E-state index in [9.17, 15) is 8.78 Å². The topological polar surface area (TPSA) is 57.4 Å². The van der Waals surface area contributed by atoms with Gasteiger partial charge >= 0.3 is 0 Å². The second kappa shape index (κ2) is 6.06. The molecule has 0 heterocycles. The molecule has 0 aliphatic heterocycles. The first-order valence-corrected chi connectivity index (χ1v) is 5.65. The molecule has 0 bridgehead atoms. The summed E-state index contributed by atoms with van der Waals surface area (Å²) in [5.41, 5.74) is 0.160. The lowest BCUT2D eigenvalue weighted by Crippen LogP contribution is -2.12. The molecule has 0 atom stereocenters. The molecule has 1 aromatic carbocycles. The second-order valence-electron chi connectivity index (χ2n) is 2.80. The standard InChI is InChI=1S/C10H9F2N3OS/c1-16-8-4-6(3-7(11)9(8)12)15-10(17-2)14-5-13/h3-4H,1-2H3,(H,14,15). The van der Waals surface area contributed by atoms with Crippen LogP contribution < -0.4 is 10.1 Å². The molecule has 17 heavy (non-hydrogen) atoms. The Kier molecular flexibility index (Phi) is 4.72. The third-order valence-electron chi connectivity index (χ3n) is 1.79. The van der Waals surface area contributed by atoms with Crippen molar-refractivity contribution in [3.8, 4) is 11.9 Å². The van der Waals surface area contributed by atoms with Gasteiger partial charge in [-0.25, -0.2) is 9.38 Å². The molecule has 0 amide bonds. The van der Waals surface area contributed by atoms with Gasteiger partial charge in [0.2, 0.25) is 5.82 Å². The summed E-state index contributed by atoms with van der Waals surface area (Å²) in [6.45, 7) is 0. The van der Waals surface area contributed by atoms with Gasteiger partial charge < -0.3 is 4.74 Å². The summed E-state index contributed by atoms with van der Waals surface area (Å²) in [5.74, 6) is -2.35. The number of rotatable bonds is 2. The maximum atomic E-state index is 13.2. The highest BCUT2D eigenvalue weighted by Gasteiger charge is 2.11. The molecule has 0 unspecified atom stereocenters. The molecule has 0 fully saturated rings. The van der Waals surface area contributed by atoms with Crippen LogP contribution in [0.4, 0.5) is 14.5 Å². The number of thioether (sulfide) groups is 1. The van der Waals surface area contributed by atoms with Crippen LogP contribution in [0.5, 0.6) is 5.75 Å². The Bertz CT molecular complexity index is 485. The largest absolute Gasteiger partial charge is 0.493 e. The fourth-order valence-corrected chi connectivity index (χ4v) is 1.40. The summed E-state index contributed by atoms with van der Waals surface area (Å²) in [5, 5.41) is 11.0. The van der Waals surface area contributed by atoms with Gasteiger partial charge in [0.25, 0.3) is 0 Å². The molecule has 4 nitrogen and oxygen atoms in total. The predicted molar refractivity (Wildman–Crippen MR) is 62.3 cm³/mol. The van der Waals surface area contributed by atoms with Crippen LogP contribution in [0.15, 0.2) is 17.1 Å². The molecule has 7 heteroatoms. The molecular weight excluding hydrogens is 248 g/mol. The lowest BCUT2D eigenvalue weighted by atomic mass is 10.3. The molecule has 0 saturated heterocycles. The van der Waals surface area contributed by atoms with Crippen LogP contribution in [0, 0.1) is 23.1 Å². The monoisotopic (exact) mass is 257 g/mol. The van der Waals surface area contributed by atoms with Crippen molar-refractivity contribution in [3.05, 3.63) is 23.8 Å². The predicted octanol–water partition coefficient (Wildman–Crippen LogP) is 2.39. The molecule has 1 rings (SSSR count). The normalized spacial score (nSPS) is 10.9. The minimum absolute atomic E-state index is 0.160. The van der Waals surface area contributed by atoms with Crippen molar-refractivity contribution in [2.45, 2.75) is 0 Å². The van der Waals surface area contributed by atoms with Crippen LogP contribution in [0.1, 0.15) is 0 Å². The van der Waals surface area contributed by atoms with Crippen LogP contribution in [0.3, 0.4) is 0 Å². The van der Waals surface area contributed by atoms with Crippen LogP contribution in [0.25, 0.3) is 0 Å². The average molecular weight is 257 g/mol. The lowest BCUT2D eigenvalue weighted by molar-refractivity contribution is 0.372. The Morgan fingerprint density at radius 2 is 2.24 bits per heavy atom. The molecule has 0 spiro atoms. The molecule has 0 saturated carbocycles. The van der Waals surface area contributed by atoms with Crippen molar-refractivity contribution in [1.29, 1.82) is 5.26 Å². The Balaban J connectivity index is 3.15. The van der Waals surface area contributed by atoms with Gasteiger partial charge in [-0.1, -0.05) is 11.8 Å². The number of halogens is 2. The first kappa shape index (κ1) is 13.3. The van der Waals surface area contributed by atoms with E-state index < -0.39 is 11.6 Å². The number of ether oxygens (including phenoxy) is 1. The number of hydrogen-bond acceptors (Lipinski definition) is 4. The minimum atomic E-state index is -1.06. The summed E-state index contributed by atoms with van der Waals surface area (Å²) in [4.78, 5) is 3.94. The molecule has 1 N–H and O–H groups in total. The van der Waals surface area contributed by atoms with Gasteiger partial charge in [-0.15, -0.1) is 0 Å². The third-order valence-corrected chi connectivity index (χ3v) is 2.37.